The molecule has 2 heterocycles. The van der Waals surface area contributed by atoms with Crippen molar-refractivity contribution in [2.24, 2.45) is 4.99 Å². The molecule has 70 valence electrons. The van der Waals surface area contributed by atoms with Crippen molar-refractivity contribution in [3.05, 3.63) is 11.7 Å². The summed E-state index contributed by atoms with van der Waals surface area (Å²) in [7, 11) is 0. The van der Waals surface area contributed by atoms with E-state index >= 15 is 0 Å². The van der Waals surface area contributed by atoms with Crippen molar-refractivity contribution in [2.45, 2.75) is 19.2 Å². The van der Waals surface area contributed by atoms with Crippen LogP contribution >= 0.6 is 0 Å². The molecule has 1 aliphatic heterocycles. The van der Waals surface area contributed by atoms with Crippen LogP contribution in [0.4, 0.5) is 0 Å². The highest BCUT2D eigenvalue weighted by atomic mass is 16.5. The molecule has 1 unspecified atom stereocenters. The van der Waals surface area contributed by atoms with Crippen molar-refractivity contribution in [3.63, 3.8) is 0 Å². The third-order valence-corrected chi connectivity index (χ3v) is 1.79. The summed E-state index contributed by atoms with van der Waals surface area (Å²) in [6, 6.07) is 0. The molecule has 0 bridgehead atoms. The smallest absolute Gasteiger partial charge is 0.233 e. The van der Waals surface area contributed by atoms with Gasteiger partial charge in [0.1, 0.15) is 0 Å². The summed E-state index contributed by atoms with van der Waals surface area (Å²) in [5, 5.41) is 6.42. The second-order valence-electron chi connectivity index (χ2n) is 2.70. The van der Waals surface area contributed by atoms with Gasteiger partial charge in [0, 0.05) is 18.4 Å². The molecule has 1 aromatic heterocycles. The highest BCUT2D eigenvalue weighted by Crippen LogP contribution is 2.14. The lowest BCUT2D eigenvalue weighted by Gasteiger charge is -2.13. The molecular formula is C8H12N4O. The van der Waals surface area contributed by atoms with Gasteiger partial charge in [-0.25, -0.2) is 0 Å². The van der Waals surface area contributed by atoms with Gasteiger partial charge in [-0.15, -0.1) is 0 Å². The Kier molecular flexibility index (Phi) is 1.29. The van der Waals surface area contributed by atoms with E-state index < -0.39 is 13.2 Å². The van der Waals surface area contributed by atoms with Crippen molar-refractivity contribution in [2.75, 3.05) is 13.1 Å². The van der Waals surface area contributed by atoms with Gasteiger partial charge in [0.25, 0.3) is 0 Å². The maximum atomic E-state index is 7.51. The molecule has 1 atom stereocenters. The van der Waals surface area contributed by atoms with Gasteiger partial charge in [-0.05, 0) is 0 Å². The van der Waals surface area contributed by atoms with Crippen LogP contribution < -0.4 is 5.32 Å². The van der Waals surface area contributed by atoms with Gasteiger partial charge in [0.05, 0.1) is 18.8 Å². The van der Waals surface area contributed by atoms with Gasteiger partial charge in [0.2, 0.25) is 5.89 Å². The van der Waals surface area contributed by atoms with E-state index in [-0.39, 0.29) is 17.6 Å². The minimum Gasteiger partial charge on any atom is -0.376 e. The van der Waals surface area contributed by atoms with Crippen LogP contribution in [0.3, 0.4) is 0 Å². The number of aromatic nitrogens is 2. The summed E-state index contributed by atoms with van der Waals surface area (Å²) in [6.45, 7) is -0.599. The Labute approximate surface area is 81.9 Å². The molecule has 0 spiro atoms. The van der Waals surface area contributed by atoms with Gasteiger partial charge < -0.3 is 9.84 Å². The summed E-state index contributed by atoms with van der Waals surface area (Å²) in [5.41, 5.74) is 0. The molecule has 0 aliphatic carbocycles. The lowest BCUT2D eigenvalue weighted by Crippen LogP contribution is -2.27. The second-order valence-corrected chi connectivity index (χ2v) is 2.70. The van der Waals surface area contributed by atoms with Crippen molar-refractivity contribution in [1.82, 2.24) is 15.5 Å². The van der Waals surface area contributed by atoms with Crippen molar-refractivity contribution in [1.29, 1.82) is 0 Å². The van der Waals surface area contributed by atoms with Crippen LogP contribution in [0.25, 0.3) is 0 Å². The normalized spacial score (nSPS) is 27.3. The van der Waals surface area contributed by atoms with E-state index in [0.717, 1.165) is 0 Å². The van der Waals surface area contributed by atoms with E-state index in [4.69, 9.17) is 10.0 Å². The number of aryl methyl sites for hydroxylation is 1. The van der Waals surface area contributed by atoms with Crippen LogP contribution in [0.2, 0.25) is 0 Å². The summed E-state index contributed by atoms with van der Waals surface area (Å²) in [6.07, 6.45) is -0.635. The van der Waals surface area contributed by atoms with Crippen molar-refractivity contribution in [3.8, 4) is 0 Å². The first kappa shape index (κ1) is 4.74. The van der Waals surface area contributed by atoms with E-state index in [9.17, 15) is 0 Å². The SMILES string of the molecule is [2H]C([2H])C([2H])([2H])c1noc(C2CN=CNC2)n1. The topological polar surface area (TPSA) is 63.3 Å². The molecule has 5 nitrogen and oxygen atoms in total. The quantitative estimate of drug-likeness (QED) is 0.720. The minimum atomic E-state index is -2.23. The fourth-order valence-electron chi connectivity index (χ4n) is 1.13. The molecule has 0 radical (unpaired) electrons. The van der Waals surface area contributed by atoms with E-state index in [1.54, 1.807) is 6.34 Å². The summed E-state index contributed by atoms with van der Waals surface area (Å²) in [4.78, 5) is 7.93. The molecule has 1 aromatic rings. The Morgan fingerprint density at radius 3 is 3.69 bits per heavy atom. The summed E-state index contributed by atoms with van der Waals surface area (Å²) < 4.78 is 34.2. The molecule has 2 rings (SSSR count). The zero-order chi connectivity index (χ0) is 12.5. The maximum absolute atomic E-state index is 7.51. The number of hydrogen-bond acceptors (Lipinski definition) is 5. The maximum Gasteiger partial charge on any atom is 0.233 e. The lowest BCUT2D eigenvalue weighted by molar-refractivity contribution is 0.348. The molecule has 0 saturated heterocycles. The zero-order valence-electron chi connectivity index (χ0n) is 10.9. The van der Waals surface area contributed by atoms with E-state index in [0.29, 0.717) is 13.1 Å². The third kappa shape index (κ3) is 1.68. The van der Waals surface area contributed by atoms with Crippen LogP contribution in [-0.2, 0) is 6.37 Å². The van der Waals surface area contributed by atoms with Crippen LogP contribution in [0, 0.1) is 0 Å². The molecule has 5 heteroatoms. The Morgan fingerprint density at radius 1 is 1.92 bits per heavy atom. The standard InChI is InChI=1S/C8H12N4O/c1-2-7-11-8(13-12-7)6-3-9-5-10-4-6/h5-6H,2-4H2,1H3,(H,9,10)/i1D2,2D2. The highest BCUT2D eigenvalue weighted by Gasteiger charge is 2.19. The predicted octanol–water partition coefficient (Wildman–Crippen LogP) is 0.347. The van der Waals surface area contributed by atoms with Gasteiger partial charge >= 0.3 is 0 Å². The first-order valence-electron chi connectivity index (χ1n) is 6.07. The van der Waals surface area contributed by atoms with Gasteiger partial charge in [-0.1, -0.05) is 12.0 Å². The van der Waals surface area contributed by atoms with Crippen LogP contribution in [0.1, 0.15) is 30.0 Å². The molecule has 0 amide bonds. The fourth-order valence-corrected chi connectivity index (χ4v) is 1.13. The van der Waals surface area contributed by atoms with E-state index in [1.807, 2.05) is 0 Å². The van der Waals surface area contributed by atoms with Crippen LogP contribution in [-0.4, -0.2) is 29.6 Å². The Morgan fingerprint density at radius 2 is 2.92 bits per heavy atom. The Bertz CT molecular complexity index is 419. The second kappa shape index (κ2) is 3.55. The summed E-state index contributed by atoms with van der Waals surface area (Å²) in [5.74, 6) is -0.0575. The first-order chi connectivity index (χ1) is 8.01. The average Bonchev–Trinajstić information content (AvgIpc) is 2.80. The molecular weight excluding hydrogens is 168 g/mol. The van der Waals surface area contributed by atoms with E-state index in [2.05, 4.69) is 20.4 Å². The molecule has 13 heavy (non-hydrogen) atoms. The lowest BCUT2D eigenvalue weighted by atomic mass is 10.1. The number of nitrogens with zero attached hydrogens (tertiary/aromatic N) is 3. The number of nitrogens with one attached hydrogen (secondary N) is 1. The van der Waals surface area contributed by atoms with Crippen molar-refractivity contribution >= 4 is 6.34 Å². The highest BCUT2D eigenvalue weighted by molar-refractivity contribution is 5.55. The first-order valence-corrected chi connectivity index (χ1v) is 3.92. The molecule has 0 aromatic carbocycles. The number of hydrogen-bond donors (Lipinski definition) is 1. The number of rotatable bonds is 2. The zero-order valence-corrected chi connectivity index (χ0v) is 6.90. The van der Waals surface area contributed by atoms with Gasteiger partial charge in [-0.2, -0.15) is 4.98 Å². The van der Waals surface area contributed by atoms with Crippen LogP contribution in [0.5, 0.6) is 0 Å². The Hall–Kier alpha value is -1.39. The van der Waals surface area contributed by atoms with Gasteiger partial charge in [0.15, 0.2) is 5.82 Å². The minimum absolute atomic E-state index is 0.0908. The van der Waals surface area contributed by atoms with Crippen molar-refractivity contribution < 1.29 is 10.0 Å². The molecule has 1 N–H and O–H groups in total. The predicted molar refractivity (Wildman–Crippen MR) is 47.8 cm³/mol. The molecule has 0 fully saturated rings. The monoisotopic (exact) mass is 184 g/mol. The largest absolute Gasteiger partial charge is 0.376 e. The van der Waals surface area contributed by atoms with Crippen LogP contribution in [0.15, 0.2) is 9.52 Å². The molecule has 0 saturated carbocycles. The molecule has 1 aliphatic rings. The Balaban J connectivity index is 2.18. The fraction of sp³-hybridized carbons (Fsp3) is 0.625. The summed E-state index contributed by atoms with van der Waals surface area (Å²) >= 11 is 0. The third-order valence-electron chi connectivity index (χ3n) is 1.79. The van der Waals surface area contributed by atoms with E-state index in [1.165, 1.54) is 0 Å². The average molecular weight is 184 g/mol. The van der Waals surface area contributed by atoms with Gasteiger partial charge in [-0.3, -0.25) is 4.99 Å². The number of aliphatic imine (C=N–C) groups is 1.